The third-order valence-electron chi connectivity index (χ3n) is 1.52. The Morgan fingerprint density at radius 2 is 2.00 bits per heavy atom. The Labute approximate surface area is 78.9 Å². The first-order valence-corrected chi connectivity index (χ1v) is 4.19. The highest BCUT2D eigenvalue weighted by molar-refractivity contribution is 9.10. The molecule has 1 aromatic rings. The van der Waals surface area contributed by atoms with Crippen LogP contribution in [-0.2, 0) is 6.61 Å². The highest BCUT2D eigenvalue weighted by Crippen LogP contribution is 2.08. The van der Waals surface area contributed by atoms with Gasteiger partial charge in [-0.2, -0.15) is 0 Å². The van der Waals surface area contributed by atoms with Gasteiger partial charge in [-0.1, -0.05) is 28.1 Å². The summed E-state index contributed by atoms with van der Waals surface area (Å²) in [7, 11) is -1.51. The molecule has 0 aromatic heterocycles. The van der Waals surface area contributed by atoms with Crippen LogP contribution >= 0.6 is 15.9 Å². The van der Waals surface area contributed by atoms with Crippen molar-refractivity contribution < 1.29 is 15.2 Å². The van der Waals surface area contributed by atoms with Gasteiger partial charge in [-0.05, 0) is 17.1 Å². The third kappa shape index (κ3) is 2.07. The normalized spacial score (nSPS) is 10.0. The minimum absolute atomic E-state index is 0.104. The number of halogens is 1. The van der Waals surface area contributed by atoms with Crippen molar-refractivity contribution >= 4 is 28.5 Å². The van der Waals surface area contributed by atoms with E-state index in [1.807, 2.05) is 0 Å². The molecule has 0 atom stereocenters. The van der Waals surface area contributed by atoms with Crippen LogP contribution in [0.4, 0.5) is 0 Å². The molecule has 3 N–H and O–H groups in total. The van der Waals surface area contributed by atoms with Crippen molar-refractivity contribution in [1.82, 2.24) is 0 Å². The molecule has 0 aliphatic rings. The fraction of sp³-hybridized carbons (Fsp3) is 0.143. The number of aliphatic hydroxyl groups excluding tert-OH is 1. The smallest absolute Gasteiger partial charge is 0.423 e. The van der Waals surface area contributed by atoms with E-state index in [2.05, 4.69) is 15.9 Å². The van der Waals surface area contributed by atoms with E-state index in [1.165, 1.54) is 6.07 Å². The fourth-order valence-electron chi connectivity index (χ4n) is 0.889. The Hall–Kier alpha value is -0.355. The maximum atomic E-state index is 8.87. The molecule has 3 nitrogen and oxygen atoms in total. The zero-order valence-corrected chi connectivity index (χ0v) is 7.82. The van der Waals surface area contributed by atoms with Crippen LogP contribution in [0.25, 0.3) is 0 Å². The zero-order chi connectivity index (χ0) is 9.14. The molecule has 64 valence electrons. The van der Waals surface area contributed by atoms with Crippen molar-refractivity contribution in [3.05, 3.63) is 28.2 Å². The van der Waals surface area contributed by atoms with E-state index in [4.69, 9.17) is 15.2 Å². The molecule has 0 aliphatic heterocycles. The molecule has 0 amide bonds. The Morgan fingerprint density at radius 1 is 1.33 bits per heavy atom. The predicted molar refractivity (Wildman–Crippen MR) is 49.9 cm³/mol. The number of benzene rings is 1. The van der Waals surface area contributed by atoms with Crippen molar-refractivity contribution in [3.63, 3.8) is 0 Å². The summed E-state index contributed by atoms with van der Waals surface area (Å²) in [6, 6.07) is 4.91. The number of aliphatic hydroxyl groups is 1. The van der Waals surface area contributed by atoms with Gasteiger partial charge in [0.05, 0.1) is 6.61 Å². The van der Waals surface area contributed by atoms with Crippen LogP contribution < -0.4 is 5.46 Å². The van der Waals surface area contributed by atoms with Crippen LogP contribution in [0, 0.1) is 0 Å². The quantitative estimate of drug-likeness (QED) is 0.608. The number of rotatable bonds is 2. The maximum Gasteiger partial charge on any atom is 0.489 e. The van der Waals surface area contributed by atoms with Gasteiger partial charge in [0.1, 0.15) is 0 Å². The standard InChI is InChI=1S/C7H8BBrO3/c9-7-2-1-5(4-10)3-6(7)8(11)12/h1-3,10-12H,4H2. The first-order chi connectivity index (χ1) is 5.65. The molecule has 0 fully saturated rings. The van der Waals surface area contributed by atoms with Crippen LogP contribution in [0.15, 0.2) is 22.7 Å². The molecule has 1 aromatic carbocycles. The lowest BCUT2D eigenvalue weighted by Gasteiger charge is -2.04. The van der Waals surface area contributed by atoms with Crippen LogP contribution in [0.1, 0.15) is 5.56 Å². The molecule has 12 heavy (non-hydrogen) atoms. The van der Waals surface area contributed by atoms with Gasteiger partial charge in [0.2, 0.25) is 0 Å². The highest BCUT2D eigenvalue weighted by atomic mass is 79.9. The van der Waals surface area contributed by atoms with Crippen LogP contribution in [-0.4, -0.2) is 22.3 Å². The summed E-state index contributed by atoms with van der Waals surface area (Å²) < 4.78 is 0.620. The number of hydrogen-bond acceptors (Lipinski definition) is 3. The molecule has 1 rings (SSSR count). The van der Waals surface area contributed by atoms with Crippen molar-refractivity contribution in [2.24, 2.45) is 0 Å². The summed E-state index contributed by atoms with van der Waals surface area (Å²) in [5.41, 5.74) is 1.02. The molecule has 0 aliphatic carbocycles. The Morgan fingerprint density at radius 3 is 2.50 bits per heavy atom. The van der Waals surface area contributed by atoms with Gasteiger partial charge in [-0.3, -0.25) is 0 Å². The minimum atomic E-state index is -1.51. The zero-order valence-electron chi connectivity index (χ0n) is 6.24. The largest absolute Gasteiger partial charge is 0.489 e. The summed E-state index contributed by atoms with van der Waals surface area (Å²) in [4.78, 5) is 0. The average Bonchev–Trinajstić information content (AvgIpc) is 2.05. The summed E-state index contributed by atoms with van der Waals surface area (Å²) in [6.07, 6.45) is 0. The van der Waals surface area contributed by atoms with E-state index in [9.17, 15) is 0 Å². The average molecular weight is 231 g/mol. The van der Waals surface area contributed by atoms with Gasteiger partial charge in [0, 0.05) is 4.47 Å². The second-order valence-corrected chi connectivity index (χ2v) is 3.24. The van der Waals surface area contributed by atoms with E-state index in [0.29, 0.717) is 15.5 Å². The van der Waals surface area contributed by atoms with Gasteiger partial charge in [0.25, 0.3) is 0 Å². The first kappa shape index (κ1) is 9.73. The Kier molecular flexibility index (Phi) is 3.28. The van der Waals surface area contributed by atoms with Crippen molar-refractivity contribution in [2.45, 2.75) is 6.61 Å². The lowest BCUT2D eigenvalue weighted by atomic mass is 9.80. The molecule has 0 unspecified atom stereocenters. The molecule has 0 saturated heterocycles. The molecule has 0 bridgehead atoms. The molecule has 0 saturated carbocycles. The lowest BCUT2D eigenvalue weighted by Crippen LogP contribution is -2.31. The molecule has 0 spiro atoms. The summed E-state index contributed by atoms with van der Waals surface area (Å²) in [5, 5.41) is 26.5. The second-order valence-electron chi connectivity index (χ2n) is 2.39. The molecular weight excluding hydrogens is 223 g/mol. The van der Waals surface area contributed by atoms with E-state index < -0.39 is 7.12 Å². The SMILES string of the molecule is OCc1ccc(Br)c(B(O)O)c1. The van der Waals surface area contributed by atoms with Gasteiger partial charge in [-0.15, -0.1) is 0 Å². The maximum absolute atomic E-state index is 8.87. The van der Waals surface area contributed by atoms with Crippen molar-refractivity contribution in [2.75, 3.05) is 0 Å². The van der Waals surface area contributed by atoms with Gasteiger partial charge in [-0.25, -0.2) is 0 Å². The monoisotopic (exact) mass is 230 g/mol. The Balaban J connectivity index is 3.08. The molecule has 5 heteroatoms. The van der Waals surface area contributed by atoms with E-state index in [0.717, 1.165) is 0 Å². The fourth-order valence-corrected chi connectivity index (χ4v) is 1.34. The minimum Gasteiger partial charge on any atom is -0.423 e. The summed E-state index contributed by atoms with van der Waals surface area (Å²) >= 11 is 3.16. The highest BCUT2D eigenvalue weighted by Gasteiger charge is 2.14. The van der Waals surface area contributed by atoms with E-state index in [1.54, 1.807) is 12.1 Å². The topological polar surface area (TPSA) is 60.7 Å². The summed E-state index contributed by atoms with van der Waals surface area (Å²) in [6.45, 7) is -0.104. The van der Waals surface area contributed by atoms with Gasteiger partial charge >= 0.3 is 7.12 Å². The van der Waals surface area contributed by atoms with E-state index >= 15 is 0 Å². The molecule has 0 radical (unpaired) electrons. The van der Waals surface area contributed by atoms with Crippen LogP contribution in [0.2, 0.25) is 0 Å². The Bertz CT molecular complexity index is 277. The first-order valence-electron chi connectivity index (χ1n) is 3.40. The van der Waals surface area contributed by atoms with Gasteiger partial charge in [0.15, 0.2) is 0 Å². The second kappa shape index (κ2) is 4.05. The molecule has 0 heterocycles. The lowest BCUT2D eigenvalue weighted by molar-refractivity contribution is 0.282. The van der Waals surface area contributed by atoms with Crippen LogP contribution in [0.3, 0.4) is 0 Å². The van der Waals surface area contributed by atoms with Gasteiger partial charge < -0.3 is 15.2 Å². The predicted octanol–water partition coefficient (Wildman–Crippen LogP) is -0.379. The van der Waals surface area contributed by atoms with Crippen molar-refractivity contribution in [3.8, 4) is 0 Å². The summed E-state index contributed by atoms with van der Waals surface area (Å²) in [5.74, 6) is 0. The van der Waals surface area contributed by atoms with Crippen molar-refractivity contribution in [1.29, 1.82) is 0 Å². The van der Waals surface area contributed by atoms with Crippen LogP contribution in [0.5, 0.6) is 0 Å². The molecular formula is C7H8BBrO3. The number of hydrogen-bond donors (Lipinski definition) is 3. The third-order valence-corrected chi connectivity index (χ3v) is 2.24. The van der Waals surface area contributed by atoms with E-state index in [-0.39, 0.29) is 6.61 Å².